The fourth-order valence-corrected chi connectivity index (χ4v) is 2.40. The first-order valence-electron chi connectivity index (χ1n) is 4.46. The second kappa shape index (κ2) is 4.37. The molecule has 1 aromatic carbocycles. The Labute approximate surface area is 102 Å². The highest BCUT2D eigenvalue weighted by Gasteiger charge is 2.17. The first kappa shape index (κ1) is 10.7. The van der Waals surface area contributed by atoms with Gasteiger partial charge >= 0.3 is 0 Å². The Kier molecular flexibility index (Phi) is 3.11. The molecular formula is C9H10BrClN4. The fraction of sp³-hybridized carbons (Fsp3) is 0.333. The van der Waals surface area contributed by atoms with Crippen LogP contribution in [0.2, 0.25) is 5.02 Å². The molecule has 0 bridgehead atoms. The average molecular weight is 290 g/mol. The minimum atomic E-state index is 0.653. The van der Waals surface area contributed by atoms with Crippen molar-refractivity contribution in [3.8, 4) is 0 Å². The summed E-state index contributed by atoms with van der Waals surface area (Å²) >= 11 is 9.53. The van der Waals surface area contributed by atoms with Crippen molar-refractivity contribution in [3.63, 3.8) is 0 Å². The van der Waals surface area contributed by atoms with Crippen LogP contribution in [-0.2, 0) is 5.33 Å². The third-order valence-corrected chi connectivity index (χ3v) is 3.06. The maximum Gasteiger partial charge on any atom is 0.132 e. The predicted octanol–water partition coefficient (Wildman–Crippen LogP) is 3.23. The Morgan fingerprint density at radius 2 is 2.27 bits per heavy atom. The van der Waals surface area contributed by atoms with Crippen molar-refractivity contribution in [3.05, 3.63) is 28.8 Å². The highest BCUT2D eigenvalue weighted by Crippen LogP contribution is 2.31. The summed E-state index contributed by atoms with van der Waals surface area (Å²) < 4.78 is 0. The van der Waals surface area contributed by atoms with E-state index in [0.29, 0.717) is 12.0 Å². The van der Waals surface area contributed by atoms with Gasteiger partial charge in [-0.25, -0.2) is 5.01 Å². The van der Waals surface area contributed by atoms with Crippen LogP contribution in [0, 0.1) is 0 Å². The summed E-state index contributed by atoms with van der Waals surface area (Å²) in [5.41, 5.74) is 2.03. The van der Waals surface area contributed by atoms with Crippen LogP contribution in [-0.4, -0.2) is 18.7 Å². The molecule has 2 rings (SSSR count). The highest BCUT2D eigenvalue weighted by atomic mass is 79.9. The molecule has 0 aliphatic carbocycles. The van der Waals surface area contributed by atoms with Crippen molar-refractivity contribution in [2.24, 2.45) is 10.4 Å². The maximum atomic E-state index is 6.10. The third kappa shape index (κ3) is 2.08. The van der Waals surface area contributed by atoms with E-state index in [-0.39, 0.29) is 0 Å². The lowest BCUT2D eigenvalue weighted by Crippen LogP contribution is -2.22. The molecule has 1 heterocycles. The Morgan fingerprint density at radius 3 is 2.87 bits per heavy atom. The van der Waals surface area contributed by atoms with E-state index in [9.17, 15) is 0 Å². The molecule has 0 radical (unpaired) electrons. The van der Waals surface area contributed by atoms with Gasteiger partial charge in [0.2, 0.25) is 0 Å². The number of anilines is 1. The van der Waals surface area contributed by atoms with E-state index in [1.165, 1.54) is 0 Å². The number of alkyl halides is 1. The summed E-state index contributed by atoms with van der Waals surface area (Å²) in [6, 6.07) is 5.77. The van der Waals surface area contributed by atoms with E-state index in [0.717, 1.165) is 16.3 Å². The molecule has 4 nitrogen and oxygen atoms in total. The quantitative estimate of drug-likeness (QED) is 0.783. The zero-order valence-corrected chi connectivity index (χ0v) is 10.5. The van der Waals surface area contributed by atoms with E-state index in [1.807, 2.05) is 30.3 Å². The van der Waals surface area contributed by atoms with Crippen LogP contribution in [0.1, 0.15) is 5.56 Å². The molecule has 0 fully saturated rings. The van der Waals surface area contributed by atoms with Crippen LogP contribution in [0.4, 0.5) is 5.69 Å². The third-order valence-electron chi connectivity index (χ3n) is 2.15. The van der Waals surface area contributed by atoms with Gasteiger partial charge in [0.05, 0.1) is 5.69 Å². The topological polar surface area (TPSA) is 31.2 Å². The standard InChI is InChI=1S/C9H10BrClN4/c1-14-6-15(13-12-14)9-4-2-3-8(11)7(9)5-10/h2-4H,5-6H2,1H3. The average Bonchev–Trinajstić information content (AvgIpc) is 2.64. The molecule has 6 heteroatoms. The first-order valence-corrected chi connectivity index (χ1v) is 5.96. The van der Waals surface area contributed by atoms with Crippen LogP contribution < -0.4 is 5.01 Å². The lowest BCUT2D eigenvalue weighted by Gasteiger charge is -2.17. The first-order chi connectivity index (χ1) is 7.22. The summed E-state index contributed by atoms with van der Waals surface area (Å²) in [6.45, 7) is 0.653. The molecular weight excluding hydrogens is 279 g/mol. The van der Waals surface area contributed by atoms with Gasteiger partial charge in [0.1, 0.15) is 6.67 Å². The number of hydrogen-bond donors (Lipinski definition) is 0. The molecule has 1 aliphatic heterocycles. The van der Waals surface area contributed by atoms with Crippen molar-refractivity contribution in [1.82, 2.24) is 5.01 Å². The maximum absolute atomic E-state index is 6.10. The van der Waals surface area contributed by atoms with Gasteiger partial charge < -0.3 is 0 Å². The SMILES string of the molecule is CN1CN(c2cccc(Cl)c2CBr)N=N1. The van der Waals surface area contributed by atoms with E-state index < -0.39 is 0 Å². The summed E-state index contributed by atoms with van der Waals surface area (Å²) in [6.07, 6.45) is 0. The van der Waals surface area contributed by atoms with E-state index in [4.69, 9.17) is 11.6 Å². The zero-order valence-electron chi connectivity index (χ0n) is 8.19. The van der Waals surface area contributed by atoms with Crippen molar-refractivity contribution < 1.29 is 0 Å². The smallest absolute Gasteiger partial charge is 0.132 e. The monoisotopic (exact) mass is 288 g/mol. The molecule has 0 atom stereocenters. The molecule has 0 saturated carbocycles. The molecule has 0 saturated heterocycles. The van der Waals surface area contributed by atoms with Crippen LogP contribution >= 0.6 is 27.5 Å². The molecule has 0 spiro atoms. The molecule has 0 amide bonds. The van der Waals surface area contributed by atoms with Gasteiger partial charge in [-0.2, -0.15) is 0 Å². The lowest BCUT2D eigenvalue weighted by atomic mass is 10.2. The summed E-state index contributed by atoms with van der Waals surface area (Å²) in [7, 11) is 1.88. The summed E-state index contributed by atoms with van der Waals surface area (Å²) in [4.78, 5) is 0. The largest absolute Gasteiger partial charge is 0.258 e. The summed E-state index contributed by atoms with van der Waals surface area (Å²) in [5, 5.41) is 13.0. The Hall–Kier alpha value is -0.810. The fourth-order valence-electron chi connectivity index (χ4n) is 1.41. The number of hydrogen-bond acceptors (Lipinski definition) is 4. The van der Waals surface area contributed by atoms with Crippen molar-refractivity contribution >= 4 is 33.2 Å². The Bertz CT molecular complexity index is 396. The normalized spacial score (nSPS) is 15.1. The second-order valence-electron chi connectivity index (χ2n) is 3.25. The molecule has 0 N–H and O–H groups in total. The second-order valence-corrected chi connectivity index (χ2v) is 4.22. The van der Waals surface area contributed by atoms with Crippen molar-refractivity contribution in [2.75, 3.05) is 18.7 Å². The minimum absolute atomic E-state index is 0.653. The molecule has 80 valence electrons. The predicted molar refractivity (Wildman–Crippen MR) is 64.0 cm³/mol. The Balaban J connectivity index is 2.36. The van der Waals surface area contributed by atoms with Gasteiger partial charge in [-0.05, 0) is 17.4 Å². The van der Waals surface area contributed by atoms with Crippen LogP contribution in [0.25, 0.3) is 0 Å². The van der Waals surface area contributed by atoms with Gasteiger partial charge in [0.15, 0.2) is 0 Å². The summed E-state index contributed by atoms with van der Waals surface area (Å²) in [5.74, 6) is 0. The van der Waals surface area contributed by atoms with Crippen LogP contribution in [0.5, 0.6) is 0 Å². The van der Waals surface area contributed by atoms with E-state index in [2.05, 4.69) is 26.4 Å². The van der Waals surface area contributed by atoms with Crippen molar-refractivity contribution in [2.45, 2.75) is 5.33 Å². The number of halogens is 2. The van der Waals surface area contributed by atoms with Gasteiger partial charge in [-0.15, -0.1) is 0 Å². The van der Waals surface area contributed by atoms with Crippen molar-refractivity contribution in [1.29, 1.82) is 0 Å². The number of benzene rings is 1. The molecule has 0 unspecified atom stereocenters. The van der Waals surface area contributed by atoms with Gasteiger partial charge in [0, 0.05) is 23.0 Å². The molecule has 15 heavy (non-hydrogen) atoms. The van der Waals surface area contributed by atoms with E-state index in [1.54, 1.807) is 5.01 Å². The number of nitrogens with zero attached hydrogens (tertiary/aromatic N) is 4. The van der Waals surface area contributed by atoms with Crippen LogP contribution in [0.15, 0.2) is 28.6 Å². The Morgan fingerprint density at radius 1 is 1.47 bits per heavy atom. The van der Waals surface area contributed by atoms with Gasteiger partial charge in [-0.1, -0.05) is 38.8 Å². The van der Waals surface area contributed by atoms with E-state index >= 15 is 0 Å². The molecule has 1 aromatic rings. The lowest BCUT2D eigenvalue weighted by molar-refractivity contribution is 0.390. The molecule has 0 aromatic heterocycles. The van der Waals surface area contributed by atoms with Crippen LogP contribution in [0.3, 0.4) is 0 Å². The number of rotatable bonds is 2. The minimum Gasteiger partial charge on any atom is -0.258 e. The van der Waals surface area contributed by atoms with Gasteiger partial charge in [-0.3, -0.25) is 5.01 Å². The van der Waals surface area contributed by atoms with Gasteiger partial charge in [0.25, 0.3) is 0 Å². The molecule has 1 aliphatic rings. The zero-order chi connectivity index (χ0) is 10.8. The highest BCUT2D eigenvalue weighted by molar-refractivity contribution is 9.08.